The second-order valence-corrected chi connectivity index (χ2v) is 11.5. The lowest BCUT2D eigenvalue weighted by Gasteiger charge is -2.38. The summed E-state index contributed by atoms with van der Waals surface area (Å²) in [4.78, 5) is 0.276. The molecule has 1 heterocycles. The second-order valence-electron chi connectivity index (χ2n) is 9.80. The Bertz CT molecular complexity index is 1340. The van der Waals surface area contributed by atoms with Gasteiger partial charge in [-0.15, -0.1) is 0 Å². The third-order valence-electron chi connectivity index (χ3n) is 6.34. The summed E-state index contributed by atoms with van der Waals surface area (Å²) in [6.07, 6.45) is 5.20. The van der Waals surface area contributed by atoms with Crippen LogP contribution in [0, 0.1) is 5.92 Å². The van der Waals surface area contributed by atoms with Crippen molar-refractivity contribution in [3.63, 3.8) is 0 Å². The minimum Gasteiger partial charge on any atom is -0.508 e. The molecule has 0 saturated carbocycles. The number of phenols is 1. The van der Waals surface area contributed by atoms with Gasteiger partial charge in [0.15, 0.2) is 0 Å². The number of anilines is 1. The summed E-state index contributed by atoms with van der Waals surface area (Å²) in [5.41, 5.74) is 2.24. The van der Waals surface area contributed by atoms with Gasteiger partial charge < -0.3 is 10.4 Å². The molecule has 32 heavy (non-hydrogen) atoms. The zero-order chi connectivity index (χ0) is 22.7. The van der Waals surface area contributed by atoms with Gasteiger partial charge >= 0.3 is 0 Å². The zero-order valence-electron chi connectivity index (χ0n) is 18.5. The highest BCUT2D eigenvalue weighted by molar-refractivity contribution is 7.89. The summed E-state index contributed by atoms with van der Waals surface area (Å²) in [5, 5.41) is 16.6. The van der Waals surface area contributed by atoms with Crippen molar-refractivity contribution in [1.29, 1.82) is 0 Å². The third kappa shape index (κ3) is 3.57. The Labute approximate surface area is 189 Å². The molecule has 166 valence electrons. The number of rotatable bonds is 3. The standard InChI is InChI=1S/C26H28N2O3S/c1-26(2,3)28-32(30,31)17-12-13-22-21(15-17)19-9-6-10-20(19)25(27-22)24-18-8-5-4-7-16(18)11-14-23(24)29/h4-9,11-15,19-20,25,27-29H,10H2,1-3H3. The zero-order valence-corrected chi connectivity index (χ0v) is 19.3. The van der Waals surface area contributed by atoms with Crippen LogP contribution in [0.2, 0.25) is 0 Å². The maximum absolute atomic E-state index is 12.9. The summed E-state index contributed by atoms with van der Waals surface area (Å²) < 4.78 is 28.6. The maximum Gasteiger partial charge on any atom is 0.241 e. The molecule has 0 fully saturated rings. The summed E-state index contributed by atoms with van der Waals surface area (Å²) in [6.45, 7) is 5.50. The largest absolute Gasteiger partial charge is 0.508 e. The van der Waals surface area contributed by atoms with Gasteiger partial charge in [-0.25, -0.2) is 13.1 Å². The van der Waals surface area contributed by atoms with Crippen molar-refractivity contribution in [2.75, 3.05) is 5.32 Å². The van der Waals surface area contributed by atoms with Gasteiger partial charge in [0.25, 0.3) is 0 Å². The molecule has 6 heteroatoms. The van der Waals surface area contributed by atoms with E-state index in [1.54, 1.807) is 18.2 Å². The van der Waals surface area contributed by atoms with Gasteiger partial charge in [-0.3, -0.25) is 0 Å². The molecule has 0 saturated heterocycles. The quantitative estimate of drug-likeness (QED) is 0.466. The lowest BCUT2D eigenvalue weighted by Crippen LogP contribution is -2.40. The molecule has 0 amide bonds. The summed E-state index contributed by atoms with van der Waals surface area (Å²) >= 11 is 0. The van der Waals surface area contributed by atoms with E-state index in [1.807, 2.05) is 51.1 Å². The molecule has 0 bridgehead atoms. The molecule has 3 unspecified atom stereocenters. The van der Waals surface area contributed by atoms with Crippen LogP contribution >= 0.6 is 0 Å². The molecule has 1 aliphatic heterocycles. The smallest absolute Gasteiger partial charge is 0.241 e. The Morgan fingerprint density at radius 2 is 1.84 bits per heavy atom. The average Bonchev–Trinajstić information content (AvgIpc) is 3.21. The lowest BCUT2D eigenvalue weighted by molar-refractivity contribution is 0.404. The van der Waals surface area contributed by atoms with Crippen LogP contribution in [0.5, 0.6) is 5.75 Å². The first-order chi connectivity index (χ1) is 15.1. The lowest BCUT2D eigenvalue weighted by atomic mass is 9.76. The van der Waals surface area contributed by atoms with E-state index in [9.17, 15) is 13.5 Å². The Balaban J connectivity index is 1.60. The minimum atomic E-state index is -3.62. The maximum atomic E-state index is 12.9. The number of allylic oxidation sites excluding steroid dienone is 2. The van der Waals surface area contributed by atoms with Gasteiger partial charge in [-0.05, 0) is 73.7 Å². The molecule has 3 N–H and O–H groups in total. The number of sulfonamides is 1. The van der Waals surface area contributed by atoms with E-state index in [-0.39, 0.29) is 28.5 Å². The predicted molar refractivity (Wildman–Crippen MR) is 128 cm³/mol. The molecule has 0 aromatic heterocycles. The van der Waals surface area contributed by atoms with Crippen LogP contribution in [0.1, 0.15) is 50.3 Å². The number of aromatic hydroxyl groups is 1. The van der Waals surface area contributed by atoms with Crippen LogP contribution in [0.25, 0.3) is 10.8 Å². The van der Waals surface area contributed by atoms with Crippen molar-refractivity contribution < 1.29 is 13.5 Å². The molecule has 2 aliphatic rings. The topological polar surface area (TPSA) is 78.4 Å². The fourth-order valence-electron chi connectivity index (χ4n) is 5.10. The number of hydrogen-bond acceptors (Lipinski definition) is 4. The van der Waals surface area contributed by atoms with Crippen LogP contribution in [0.15, 0.2) is 71.6 Å². The van der Waals surface area contributed by atoms with E-state index in [0.717, 1.165) is 34.0 Å². The summed E-state index contributed by atoms with van der Waals surface area (Å²) in [5.74, 6) is 0.552. The normalized spacial score (nSPS) is 22.4. The Kier molecular flexibility index (Phi) is 4.84. The van der Waals surface area contributed by atoms with Crippen molar-refractivity contribution in [2.45, 2.75) is 49.6 Å². The molecular formula is C26H28N2O3S. The molecule has 1 aliphatic carbocycles. The van der Waals surface area contributed by atoms with Gasteiger partial charge in [0.05, 0.1) is 10.9 Å². The SMILES string of the molecule is CC(C)(C)NS(=O)(=O)c1ccc2c(c1)C1C=CCC1C(c1c(O)ccc3ccccc13)N2. The Morgan fingerprint density at radius 3 is 2.62 bits per heavy atom. The van der Waals surface area contributed by atoms with E-state index < -0.39 is 15.6 Å². The van der Waals surface area contributed by atoms with E-state index in [2.05, 4.69) is 28.3 Å². The Morgan fingerprint density at radius 1 is 1.06 bits per heavy atom. The number of hydrogen-bond donors (Lipinski definition) is 3. The second kappa shape index (κ2) is 7.36. The van der Waals surface area contributed by atoms with Crippen molar-refractivity contribution >= 4 is 26.5 Å². The van der Waals surface area contributed by atoms with Gasteiger partial charge in [0, 0.05) is 22.7 Å². The van der Waals surface area contributed by atoms with E-state index in [0.29, 0.717) is 0 Å². The van der Waals surface area contributed by atoms with Crippen molar-refractivity contribution in [2.24, 2.45) is 5.92 Å². The van der Waals surface area contributed by atoms with Gasteiger partial charge in [0.1, 0.15) is 5.75 Å². The van der Waals surface area contributed by atoms with Crippen molar-refractivity contribution in [1.82, 2.24) is 4.72 Å². The Hall–Kier alpha value is -2.83. The molecule has 0 spiro atoms. The first-order valence-corrected chi connectivity index (χ1v) is 12.4. The fraction of sp³-hybridized carbons (Fsp3) is 0.308. The van der Waals surface area contributed by atoms with Crippen molar-refractivity contribution in [3.8, 4) is 5.75 Å². The van der Waals surface area contributed by atoms with Crippen LogP contribution < -0.4 is 10.0 Å². The highest BCUT2D eigenvalue weighted by Crippen LogP contribution is 2.52. The van der Waals surface area contributed by atoms with Crippen LogP contribution in [-0.2, 0) is 10.0 Å². The number of phenolic OH excluding ortho intramolecular Hbond substituents is 1. The molecular weight excluding hydrogens is 420 g/mol. The monoisotopic (exact) mass is 448 g/mol. The highest BCUT2D eigenvalue weighted by atomic mass is 32.2. The van der Waals surface area contributed by atoms with Crippen molar-refractivity contribution in [3.05, 3.63) is 77.9 Å². The average molecular weight is 449 g/mol. The number of nitrogens with one attached hydrogen (secondary N) is 2. The minimum absolute atomic E-state index is 0.0799. The number of benzene rings is 3. The van der Waals surface area contributed by atoms with Crippen LogP contribution in [0.4, 0.5) is 5.69 Å². The van der Waals surface area contributed by atoms with Crippen LogP contribution in [-0.4, -0.2) is 19.1 Å². The molecule has 5 rings (SSSR count). The van der Waals surface area contributed by atoms with E-state index >= 15 is 0 Å². The van der Waals surface area contributed by atoms with Gasteiger partial charge in [0.2, 0.25) is 10.0 Å². The molecule has 3 aromatic carbocycles. The van der Waals surface area contributed by atoms with Crippen LogP contribution in [0.3, 0.4) is 0 Å². The first kappa shape index (κ1) is 21.0. The number of fused-ring (bicyclic) bond motifs is 4. The molecule has 3 atom stereocenters. The third-order valence-corrected chi connectivity index (χ3v) is 8.10. The van der Waals surface area contributed by atoms with E-state index in [4.69, 9.17) is 0 Å². The summed E-state index contributed by atoms with van der Waals surface area (Å²) in [6, 6.07) is 17.0. The molecule has 3 aromatic rings. The fourth-order valence-corrected chi connectivity index (χ4v) is 6.55. The first-order valence-electron chi connectivity index (χ1n) is 11.0. The van der Waals surface area contributed by atoms with E-state index in [1.165, 1.54) is 0 Å². The van der Waals surface area contributed by atoms with Gasteiger partial charge in [-0.1, -0.05) is 42.5 Å². The molecule has 5 nitrogen and oxygen atoms in total. The molecule has 0 radical (unpaired) electrons. The highest BCUT2D eigenvalue weighted by Gasteiger charge is 2.40. The predicted octanol–water partition coefficient (Wildman–Crippen LogP) is 5.45. The summed E-state index contributed by atoms with van der Waals surface area (Å²) in [7, 11) is -3.62. The van der Waals surface area contributed by atoms with Gasteiger partial charge in [-0.2, -0.15) is 0 Å².